The molecule has 2 nitrogen and oxygen atoms in total. The van der Waals surface area contributed by atoms with E-state index in [2.05, 4.69) is 0 Å². The van der Waals surface area contributed by atoms with Gasteiger partial charge in [-0.1, -0.05) is 29.9 Å². The van der Waals surface area contributed by atoms with Crippen molar-refractivity contribution in [3.05, 3.63) is 28.8 Å². The second-order valence-corrected chi connectivity index (χ2v) is 4.12. The molecular weight excluding hydrogens is 254 g/mol. The Morgan fingerprint density at radius 1 is 1.56 bits per heavy atom. The predicted molar refractivity (Wildman–Crippen MR) is 66.6 cm³/mol. The van der Waals surface area contributed by atoms with Gasteiger partial charge < -0.3 is 10.6 Å². The molecule has 1 aromatic rings. The summed E-state index contributed by atoms with van der Waals surface area (Å²) in [5.41, 5.74) is 6.46. The number of nitrogens with zero attached hydrogens (tertiary/aromatic N) is 1. The average molecular weight is 265 g/mol. The minimum Gasteiger partial charge on any atom is -0.389 e. The Kier molecular flexibility index (Phi) is 4.44. The third-order valence-corrected chi connectivity index (χ3v) is 2.58. The van der Waals surface area contributed by atoms with Crippen LogP contribution in [0.1, 0.15) is 5.56 Å². The molecule has 0 aromatic heterocycles. The number of rotatable bonds is 4. The number of alkyl halides is 2. The van der Waals surface area contributed by atoms with Crippen molar-refractivity contribution in [3.8, 4) is 0 Å². The summed E-state index contributed by atoms with van der Waals surface area (Å²) in [6, 6.07) is 4.94. The molecule has 0 radical (unpaired) electrons. The van der Waals surface area contributed by atoms with Crippen LogP contribution in [0.2, 0.25) is 5.02 Å². The van der Waals surface area contributed by atoms with Gasteiger partial charge in [0.25, 0.3) is 6.43 Å². The number of anilines is 1. The minimum atomic E-state index is -2.43. The number of halogens is 3. The standard InChI is InChI=1S/C10H11ClF2N2S/c1-15(5-8(12)13)7-4-2-3-6(11)9(7)10(14)16/h2-4,8H,5H2,1H3,(H2,14,16). The first-order chi connectivity index (χ1) is 7.43. The molecule has 0 heterocycles. The Labute approximate surface area is 103 Å². The minimum absolute atomic E-state index is 0.0988. The molecule has 0 aliphatic rings. The second kappa shape index (κ2) is 5.41. The summed E-state index contributed by atoms with van der Waals surface area (Å²) in [6.07, 6.45) is -2.43. The molecule has 0 aliphatic carbocycles. The Hall–Kier alpha value is -0.940. The van der Waals surface area contributed by atoms with Crippen LogP contribution < -0.4 is 10.6 Å². The van der Waals surface area contributed by atoms with E-state index in [-0.39, 0.29) is 4.99 Å². The van der Waals surface area contributed by atoms with E-state index in [1.54, 1.807) is 25.2 Å². The van der Waals surface area contributed by atoms with Crippen LogP contribution in [0, 0.1) is 0 Å². The van der Waals surface area contributed by atoms with Gasteiger partial charge in [0.05, 0.1) is 17.1 Å². The van der Waals surface area contributed by atoms with E-state index < -0.39 is 13.0 Å². The maximum Gasteiger partial charge on any atom is 0.255 e. The first-order valence-corrected chi connectivity index (χ1v) is 5.29. The first-order valence-electron chi connectivity index (χ1n) is 4.51. The van der Waals surface area contributed by atoms with Gasteiger partial charge in [-0.15, -0.1) is 0 Å². The zero-order chi connectivity index (χ0) is 12.3. The molecule has 88 valence electrons. The van der Waals surface area contributed by atoms with Crippen LogP contribution in [0.25, 0.3) is 0 Å². The maximum atomic E-state index is 12.3. The Morgan fingerprint density at radius 3 is 2.69 bits per heavy atom. The van der Waals surface area contributed by atoms with Crippen molar-refractivity contribution >= 4 is 34.5 Å². The van der Waals surface area contributed by atoms with Crippen molar-refractivity contribution < 1.29 is 8.78 Å². The SMILES string of the molecule is CN(CC(F)F)c1cccc(Cl)c1C(N)=S. The van der Waals surface area contributed by atoms with Crippen LogP contribution >= 0.6 is 23.8 Å². The molecule has 0 unspecified atom stereocenters. The van der Waals surface area contributed by atoms with E-state index in [1.807, 2.05) is 0 Å². The van der Waals surface area contributed by atoms with Crippen LogP contribution in [0.15, 0.2) is 18.2 Å². The van der Waals surface area contributed by atoms with Crippen LogP contribution in [0.4, 0.5) is 14.5 Å². The van der Waals surface area contributed by atoms with Crippen molar-refractivity contribution in [1.82, 2.24) is 0 Å². The van der Waals surface area contributed by atoms with Crippen LogP contribution in [-0.4, -0.2) is 25.0 Å². The van der Waals surface area contributed by atoms with Crippen molar-refractivity contribution in [2.45, 2.75) is 6.43 Å². The van der Waals surface area contributed by atoms with E-state index in [0.29, 0.717) is 16.3 Å². The highest BCUT2D eigenvalue weighted by molar-refractivity contribution is 7.80. The predicted octanol–water partition coefficient (Wildman–Crippen LogP) is 2.68. The fourth-order valence-corrected chi connectivity index (χ4v) is 1.92. The zero-order valence-electron chi connectivity index (χ0n) is 8.58. The molecular formula is C10H11ClF2N2S. The van der Waals surface area contributed by atoms with Gasteiger partial charge in [0.2, 0.25) is 0 Å². The number of benzene rings is 1. The summed E-state index contributed by atoms with van der Waals surface area (Å²) in [5.74, 6) is 0. The monoisotopic (exact) mass is 264 g/mol. The smallest absolute Gasteiger partial charge is 0.255 e. The van der Waals surface area contributed by atoms with Gasteiger partial charge in [-0.05, 0) is 12.1 Å². The highest BCUT2D eigenvalue weighted by Gasteiger charge is 2.15. The molecule has 2 N–H and O–H groups in total. The highest BCUT2D eigenvalue weighted by Crippen LogP contribution is 2.27. The summed E-state index contributed by atoms with van der Waals surface area (Å²) in [7, 11) is 1.54. The van der Waals surface area contributed by atoms with Crippen LogP contribution in [0.5, 0.6) is 0 Å². The lowest BCUT2D eigenvalue weighted by Gasteiger charge is -2.22. The lowest BCUT2D eigenvalue weighted by molar-refractivity contribution is 0.156. The van der Waals surface area contributed by atoms with E-state index >= 15 is 0 Å². The quantitative estimate of drug-likeness (QED) is 0.848. The van der Waals surface area contributed by atoms with Crippen molar-refractivity contribution in [1.29, 1.82) is 0 Å². The lowest BCUT2D eigenvalue weighted by atomic mass is 10.1. The van der Waals surface area contributed by atoms with Crippen LogP contribution in [0.3, 0.4) is 0 Å². The number of nitrogens with two attached hydrogens (primary N) is 1. The molecule has 0 bridgehead atoms. The largest absolute Gasteiger partial charge is 0.389 e. The topological polar surface area (TPSA) is 29.3 Å². The molecule has 1 aromatic carbocycles. The molecule has 16 heavy (non-hydrogen) atoms. The zero-order valence-corrected chi connectivity index (χ0v) is 10.2. The van der Waals surface area contributed by atoms with Crippen molar-refractivity contribution in [2.24, 2.45) is 5.73 Å². The van der Waals surface area contributed by atoms with Crippen molar-refractivity contribution in [2.75, 3.05) is 18.5 Å². The van der Waals surface area contributed by atoms with E-state index in [1.165, 1.54) is 4.90 Å². The lowest BCUT2D eigenvalue weighted by Crippen LogP contribution is -2.27. The third kappa shape index (κ3) is 3.02. The summed E-state index contributed by atoms with van der Waals surface area (Å²) in [6.45, 7) is -0.393. The van der Waals surface area contributed by atoms with Gasteiger partial charge in [-0.25, -0.2) is 8.78 Å². The third-order valence-electron chi connectivity index (χ3n) is 2.06. The van der Waals surface area contributed by atoms with E-state index in [9.17, 15) is 8.78 Å². The number of thiocarbonyl (C=S) groups is 1. The number of hydrogen-bond donors (Lipinski definition) is 1. The summed E-state index contributed by atoms with van der Waals surface area (Å²) in [4.78, 5) is 1.48. The molecule has 0 atom stereocenters. The van der Waals surface area contributed by atoms with Crippen molar-refractivity contribution in [3.63, 3.8) is 0 Å². The summed E-state index contributed by atoms with van der Waals surface area (Å²) < 4.78 is 24.5. The summed E-state index contributed by atoms with van der Waals surface area (Å²) >= 11 is 10.8. The molecule has 0 saturated carbocycles. The van der Waals surface area contributed by atoms with Crippen LogP contribution in [-0.2, 0) is 0 Å². The molecule has 0 saturated heterocycles. The molecule has 0 spiro atoms. The molecule has 0 fully saturated rings. The van der Waals surface area contributed by atoms with E-state index in [4.69, 9.17) is 29.6 Å². The van der Waals surface area contributed by atoms with Gasteiger partial charge in [-0.3, -0.25) is 0 Å². The molecule has 0 aliphatic heterocycles. The van der Waals surface area contributed by atoms with E-state index in [0.717, 1.165) is 0 Å². The molecule has 0 amide bonds. The average Bonchev–Trinajstić information content (AvgIpc) is 2.15. The number of hydrogen-bond acceptors (Lipinski definition) is 2. The fourth-order valence-electron chi connectivity index (χ4n) is 1.38. The summed E-state index contributed by atoms with van der Waals surface area (Å²) in [5, 5.41) is 0.367. The fraction of sp³-hybridized carbons (Fsp3) is 0.300. The molecule has 6 heteroatoms. The molecule has 1 rings (SSSR count). The first kappa shape index (κ1) is 13.1. The second-order valence-electron chi connectivity index (χ2n) is 3.27. The normalized spacial score (nSPS) is 10.6. The van der Waals surface area contributed by atoms with Gasteiger partial charge >= 0.3 is 0 Å². The Balaban J connectivity index is 3.12. The maximum absolute atomic E-state index is 12.3. The van der Waals surface area contributed by atoms with Gasteiger partial charge in [0.15, 0.2) is 0 Å². The van der Waals surface area contributed by atoms with Gasteiger partial charge in [0, 0.05) is 12.7 Å². The Morgan fingerprint density at radius 2 is 2.19 bits per heavy atom. The van der Waals surface area contributed by atoms with Gasteiger partial charge in [0.1, 0.15) is 4.99 Å². The highest BCUT2D eigenvalue weighted by atomic mass is 35.5. The Bertz CT molecular complexity index is 398. The van der Waals surface area contributed by atoms with Gasteiger partial charge in [-0.2, -0.15) is 0 Å².